The lowest BCUT2D eigenvalue weighted by Gasteiger charge is -2.03. The molecule has 2 nitrogen and oxygen atoms in total. The molecule has 96 valence electrons. The van der Waals surface area contributed by atoms with Crippen molar-refractivity contribution in [1.29, 1.82) is 0 Å². The van der Waals surface area contributed by atoms with Gasteiger partial charge in [-0.1, -0.05) is 26.0 Å². The van der Waals surface area contributed by atoms with Crippen LogP contribution in [0.2, 0.25) is 0 Å². The number of nitrogens with zero attached hydrogens (tertiary/aromatic N) is 1. The summed E-state index contributed by atoms with van der Waals surface area (Å²) in [6, 6.07) is 8.51. The molecule has 1 aromatic heterocycles. The van der Waals surface area contributed by atoms with Crippen molar-refractivity contribution < 1.29 is 0 Å². The van der Waals surface area contributed by atoms with Gasteiger partial charge in [0.1, 0.15) is 0 Å². The van der Waals surface area contributed by atoms with E-state index in [1.165, 1.54) is 16.3 Å². The summed E-state index contributed by atoms with van der Waals surface area (Å²) in [5.41, 5.74) is 3.70. The molecule has 0 atom stereocenters. The van der Waals surface area contributed by atoms with Gasteiger partial charge < -0.3 is 5.32 Å². The maximum atomic E-state index is 4.70. The summed E-state index contributed by atoms with van der Waals surface area (Å²) in [6.07, 6.45) is 2.01. The highest BCUT2D eigenvalue weighted by Crippen LogP contribution is 2.18. The molecule has 0 bridgehead atoms. The van der Waals surface area contributed by atoms with Crippen LogP contribution in [0.4, 0.5) is 5.69 Å². The highest BCUT2D eigenvalue weighted by atomic mass is 32.1. The van der Waals surface area contributed by atoms with E-state index >= 15 is 0 Å². The van der Waals surface area contributed by atoms with Gasteiger partial charge in [-0.2, -0.15) is 0 Å². The second-order valence-corrected chi connectivity index (χ2v) is 5.90. The molecule has 0 aliphatic heterocycles. The molecule has 0 radical (unpaired) electrons. The molecule has 0 aliphatic rings. The van der Waals surface area contributed by atoms with Crippen molar-refractivity contribution in [2.45, 2.75) is 26.7 Å². The summed E-state index contributed by atoms with van der Waals surface area (Å²) in [4.78, 5) is 4.70. The Kier molecular flexibility index (Phi) is 4.37. The van der Waals surface area contributed by atoms with Gasteiger partial charge in [0.15, 0.2) is 0 Å². The van der Waals surface area contributed by atoms with Crippen molar-refractivity contribution in [1.82, 2.24) is 4.98 Å². The molecule has 1 N–H and O–H groups in total. The first-order chi connectivity index (χ1) is 8.67. The van der Waals surface area contributed by atoms with E-state index in [0.29, 0.717) is 5.92 Å². The molecule has 2 aromatic rings. The van der Waals surface area contributed by atoms with Crippen LogP contribution in [0.15, 0.2) is 29.6 Å². The monoisotopic (exact) mass is 260 g/mol. The molecule has 1 aromatic carbocycles. The van der Waals surface area contributed by atoms with Crippen LogP contribution in [0.3, 0.4) is 0 Å². The number of nitrogens with one attached hydrogen (secondary N) is 1. The molecule has 3 heteroatoms. The molecular formula is C15H20N2S. The van der Waals surface area contributed by atoms with Crippen LogP contribution in [0.1, 0.15) is 30.1 Å². The van der Waals surface area contributed by atoms with Crippen LogP contribution in [-0.4, -0.2) is 12.0 Å². The molecule has 1 heterocycles. The van der Waals surface area contributed by atoms with E-state index in [4.69, 9.17) is 4.98 Å². The van der Waals surface area contributed by atoms with Gasteiger partial charge in [-0.05, 0) is 30.0 Å². The largest absolute Gasteiger partial charge is 0.388 e. The third-order valence-electron chi connectivity index (χ3n) is 2.79. The topological polar surface area (TPSA) is 24.9 Å². The van der Waals surface area contributed by atoms with Crippen LogP contribution in [0.25, 0.3) is 0 Å². The summed E-state index contributed by atoms with van der Waals surface area (Å²) < 4.78 is 0. The van der Waals surface area contributed by atoms with Gasteiger partial charge in [-0.3, -0.25) is 0 Å². The Morgan fingerprint density at radius 2 is 2.17 bits per heavy atom. The zero-order chi connectivity index (χ0) is 13.0. The first-order valence-corrected chi connectivity index (χ1v) is 7.25. The Morgan fingerprint density at radius 1 is 1.33 bits per heavy atom. The quantitative estimate of drug-likeness (QED) is 0.879. The average molecular weight is 260 g/mol. The minimum atomic E-state index is 0.674. The molecule has 0 unspecified atom stereocenters. The number of aromatic nitrogens is 1. The molecule has 18 heavy (non-hydrogen) atoms. The van der Waals surface area contributed by atoms with Crippen molar-refractivity contribution in [2.75, 3.05) is 12.4 Å². The number of hydrogen-bond donors (Lipinski definition) is 1. The standard InChI is InChI=1S/C15H20N2S/c1-11(2)7-14-10-18-15(17-14)9-12-5-4-6-13(8-12)16-3/h4-6,8,10-11,16H,7,9H2,1-3H3. The third kappa shape index (κ3) is 3.57. The fraction of sp³-hybridized carbons (Fsp3) is 0.400. The van der Waals surface area contributed by atoms with E-state index in [1.807, 2.05) is 7.05 Å². The summed E-state index contributed by atoms with van der Waals surface area (Å²) in [5.74, 6) is 0.674. The number of benzene rings is 1. The van der Waals surface area contributed by atoms with Gasteiger partial charge >= 0.3 is 0 Å². The van der Waals surface area contributed by atoms with Gasteiger partial charge in [-0.25, -0.2) is 4.98 Å². The van der Waals surface area contributed by atoms with Crippen LogP contribution in [0, 0.1) is 5.92 Å². The predicted molar refractivity (Wildman–Crippen MR) is 79.5 cm³/mol. The van der Waals surface area contributed by atoms with Crippen LogP contribution in [0.5, 0.6) is 0 Å². The Balaban J connectivity index is 2.06. The average Bonchev–Trinajstić information content (AvgIpc) is 2.76. The summed E-state index contributed by atoms with van der Waals surface area (Å²) in [5, 5.41) is 6.57. The molecule has 0 saturated heterocycles. The minimum absolute atomic E-state index is 0.674. The third-order valence-corrected chi connectivity index (χ3v) is 3.69. The summed E-state index contributed by atoms with van der Waals surface area (Å²) in [6.45, 7) is 4.46. The molecule has 0 fully saturated rings. The Labute approximate surface area is 113 Å². The van der Waals surface area contributed by atoms with Crippen LogP contribution >= 0.6 is 11.3 Å². The second kappa shape index (κ2) is 6.01. The van der Waals surface area contributed by atoms with Crippen molar-refractivity contribution >= 4 is 17.0 Å². The SMILES string of the molecule is CNc1cccc(Cc2nc(CC(C)C)cs2)c1. The van der Waals surface area contributed by atoms with Crippen molar-refractivity contribution in [3.8, 4) is 0 Å². The highest BCUT2D eigenvalue weighted by molar-refractivity contribution is 7.09. The number of anilines is 1. The van der Waals surface area contributed by atoms with Crippen molar-refractivity contribution in [2.24, 2.45) is 5.92 Å². The van der Waals surface area contributed by atoms with Crippen LogP contribution in [-0.2, 0) is 12.8 Å². The zero-order valence-electron chi connectivity index (χ0n) is 11.2. The van der Waals surface area contributed by atoms with Crippen molar-refractivity contribution in [3.63, 3.8) is 0 Å². The molecular weight excluding hydrogens is 240 g/mol. The van der Waals surface area contributed by atoms with Crippen molar-refractivity contribution in [3.05, 3.63) is 45.9 Å². The summed E-state index contributed by atoms with van der Waals surface area (Å²) >= 11 is 1.77. The minimum Gasteiger partial charge on any atom is -0.388 e. The molecule has 0 saturated carbocycles. The molecule has 0 aliphatic carbocycles. The van der Waals surface area contributed by atoms with E-state index in [9.17, 15) is 0 Å². The fourth-order valence-electron chi connectivity index (χ4n) is 1.95. The lowest BCUT2D eigenvalue weighted by molar-refractivity contribution is 0.637. The number of hydrogen-bond acceptors (Lipinski definition) is 3. The second-order valence-electron chi connectivity index (χ2n) is 4.96. The normalized spacial score (nSPS) is 10.9. The smallest absolute Gasteiger partial charge is 0.0972 e. The lowest BCUT2D eigenvalue weighted by Crippen LogP contribution is -1.95. The van der Waals surface area contributed by atoms with E-state index in [-0.39, 0.29) is 0 Å². The lowest BCUT2D eigenvalue weighted by atomic mass is 10.1. The Bertz CT molecular complexity index is 503. The summed E-state index contributed by atoms with van der Waals surface area (Å²) in [7, 11) is 1.95. The first-order valence-electron chi connectivity index (χ1n) is 6.37. The molecule has 0 spiro atoms. The molecule has 2 rings (SSSR count). The fourth-order valence-corrected chi connectivity index (χ4v) is 2.79. The van der Waals surface area contributed by atoms with Gasteiger partial charge in [0.25, 0.3) is 0 Å². The van der Waals surface area contributed by atoms with E-state index < -0.39 is 0 Å². The Hall–Kier alpha value is -1.35. The number of rotatable bonds is 5. The van der Waals surface area contributed by atoms with Gasteiger partial charge in [0, 0.05) is 24.5 Å². The number of thiazole rings is 1. The van der Waals surface area contributed by atoms with Gasteiger partial charge in [0.05, 0.1) is 10.7 Å². The van der Waals surface area contributed by atoms with Gasteiger partial charge in [-0.15, -0.1) is 11.3 Å². The van der Waals surface area contributed by atoms with E-state index in [1.54, 1.807) is 11.3 Å². The first kappa shape index (κ1) is 13.1. The van der Waals surface area contributed by atoms with Crippen LogP contribution < -0.4 is 5.32 Å². The van der Waals surface area contributed by atoms with Gasteiger partial charge in [0.2, 0.25) is 0 Å². The highest BCUT2D eigenvalue weighted by Gasteiger charge is 2.05. The zero-order valence-corrected chi connectivity index (χ0v) is 12.1. The predicted octanol–water partition coefficient (Wildman–Crippen LogP) is 3.97. The van der Waals surface area contributed by atoms with E-state index in [2.05, 4.69) is 48.8 Å². The molecule has 0 amide bonds. The maximum absolute atomic E-state index is 4.70. The maximum Gasteiger partial charge on any atom is 0.0972 e. The Morgan fingerprint density at radius 3 is 2.89 bits per heavy atom. The van der Waals surface area contributed by atoms with E-state index in [0.717, 1.165) is 18.5 Å².